The number of fused-ring (bicyclic) bond motifs is 1. The molecule has 31 heavy (non-hydrogen) atoms. The van der Waals surface area contributed by atoms with E-state index in [1.54, 1.807) is 25.7 Å². The smallest absolute Gasteiger partial charge is 0.227 e. The van der Waals surface area contributed by atoms with Crippen molar-refractivity contribution in [3.05, 3.63) is 72.7 Å². The normalized spacial score (nSPS) is 11.7. The molecule has 0 unspecified atom stereocenters. The van der Waals surface area contributed by atoms with Crippen molar-refractivity contribution in [2.75, 3.05) is 12.4 Å². The number of anilines is 2. The van der Waals surface area contributed by atoms with Crippen LogP contribution in [0.15, 0.2) is 67.1 Å². The summed E-state index contributed by atoms with van der Waals surface area (Å²) in [5.41, 5.74) is 4.66. The van der Waals surface area contributed by atoms with Gasteiger partial charge in [-0.05, 0) is 60.0 Å². The predicted molar refractivity (Wildman–Crippen MR) is 121 cm³/mol. The number of amides is 1. The molecule has 156 valence electrons. The van der Waals surface area contributed by atoms with Gasteiger partial charge in [-0.1, -0.05) is 12.1 Å². The monoisotopic (exact) mass is 413 g/mol. The average molecular weight is 413 g/mol. The molecule has 4 rings (SSSR count). The fraction of sp³-hybridized carbons (Fsp3) is 0.167. The third-order valence-electron chi connectivity index (χ3n) is 4.97. The third kappa shape index (κ3) is 4.61. The molecule has 0 saturated heterocycles. The molecule has 1 amide bonds. The van der Waals surface area contributed by atoms with Crippen LogP contribution in [0.4, 0.5) is 11.6 Å². The Morgan fingerprint density at radius 2 is 1.77 bits per heavy atom. The molecule has 7 heteroatoms. The summed E-state index contributed by atoms with van der Waals surface area (Å²) in [6.45, 7) is 3.46. The molecule has 2 aromatic carbocycles. The number of carbonyl (C=O) groups is 1. The summed E-state index contributed by atoms with van der Waals surface area (Å²) in [4.78, 5) is 24.4. The molecule has 0 spiro atoms. The lowest BCUT2D eigenvalue weighted by molar-refractivity contribution is -0.119. The fourth-order valence-electron chi connectivity index (χ4n) is 3.41. The van der Waals surface area contributed by atoms with Gasteiger partial charge in [0.2, 0.25) is 11.9 Å². The number of aromatic nitrogens is 3. The third-order valence-corrected chi connectivity index (χ3v) is 4.97. The van der Waals surface area contributed by atoms with Crippen molar-refractivity contribution in [2.24, 2.45) is 0 Å². The van der Waals surface area contributed by atoms with Crippen LogP contribution in [-0.4, -0.2) is 28.0 Å². The molecule has 0 aliphatic carbocycles. The molecule has 0 fully saturated rings. The van der Waals surface area contributed by atoms with E-state index >= 15 is 0 Å². The Balaban J connectivity index is 1.60. The second-order valence-electron chi connectivity index (χ2n) is 7.22. The summed E-state index contributed by atoms with van der Waals surface area (Å²) in [6.07, 6.45) is 5.31. The number of hydrogen-bond acceptors (Lipinski definition) is 6. The number of nitrogens with one attached hydrogen (secondary N) is 2. The number of carbonyl (C=O) groups excluding carboxylic acids is 1. The minimum atomic E-state index is -0.0553. The van der Waals surface area contributed by atoms with Crippen molar-refractivity contribution in [1.29, 1.82) is 0 Å². The lowest BCUT2D eigenvalue weighted by Gasteiger charge is -2.14. The largest absolute Gasteiger partial charge is 0.494 e. The highest BCUT2D eigenvalue weighted by molar-refractivity contribution is 5.90. The van der Waals surface area contributed by atoms with Crippen molar-refractivity contribution in [2.45, 2.75) is 19.9 Å². The van der Waals surface area contributed by atoms with E-state index in [0.29, 0.717) is 11.7 Å². The topological polar surface area (TPSA) is 89.0 Å². The van der Waals surface area contributed by atoms with Crippen LogP contribution in [0.1, 0.15) is 25.5 Å². The number of benzene rings is 2. The Hall–Kier alpha value is -4.00. The summed E-state index contributed by atoms with van der Waals surface area (Å²) in [5.74, 6) is 1.10. The Labute approximate surface area is 180 Å². The first kappa shape index (κ1) is 20.3. The Morgan fingerprint density at radius 3 is 2.45 bits per heavy atom. The SMILES string of the molecule is COc1cc(-c2ccncc2)cc2cnc(Nc3ccc([C@@H](C)NC(C)=O)cc3)nc12. The average Bonchev–Trinajstić information content (AvgIpc) is 2.79. The maximum atomic E-state index is 11.2. The van der Waals surface area contributed by atoms with E-state index in [0.717, 1.165) is 33.3 Å². The van der Waals surface area contributed by atoms with Crippen molar-refractivity contribution in [3.8, 4) is 16.9 Å². The number of hydrogen-bond donors (Lipinski definition) is 2. The summed E-state index contributed by atoms with van der Waals surface area (Å²) in [6, 6.07) is 15.7. The van der Waals surface area contributed by atoms with Crippen LogP contribution < -0.4 is 15.4 Å². The second-order valence-corrected chi connectivity index (χ2v) is 7.22. The van der Waals surface area contributed by atoms with Gasteiger partial charge in [0, 0.05) is 36.6 Å². The van der Waals surface area contributed by atoms with Gasteiger partial charge in [-0.2, -0.15) is 0 Å². The second kappa shape index (κ2) is 8.79. The first-order chi connectivity index (χ1) is 15.0. The first-order valence-corrected chi connectivity index (χ1v) is 9.93. The van der Waals surface area contributed by atoms with Gasteiger partial charge >= 0.3 is 0 Å². The van der Waals surface area contributed by atoms with Crippen LogP contribution in [0, 0.1) is 0 Å². The maximum Gasteiger partial charge on any atom is 0.227 e. The van der Waals surface area contributed by atoms with Gasteiger partial charge in [-0.25, -0.2) is 9.97 Å². The van der Waals surface area contributed by atoms with Crippen LogP contribution in [0.2, 0.25) is 0 Å². The van der Waals surface area contributed by atoms with Crippen LogP contribution in [0.25, 0.3) is 22.0 Å². The van der Waals surface area contributed by atoms with E-state index in [-0.39, 0.29) is 11.9 Å². The van der Waals surface area contributed by atoms with Gasteiger partial charge in [0.25, 0.3) is 0 Å². The van der Waals surface area contributed by atoms with E-state index < -0.39 is 0 Å². The van der Waals surface area contributed by atoms with E-state index in [4.69, 9.17) is 4.74 Å². The van der Waals surface area contributed by atoms with Crippen molar-refractivity contribution >= 4 is 28.4 Å². The van der Waals surface area contributed by atoms with Crippen molar-refractivity contribution < 1.29 is 9.53 Å². The molecular weight excluding hydrogens is 390 g/mol. The molecule has 2 heterocycles. The summed E-state index contributed by atoms with van der Waals surface area (Å²) >= 11 is 0. The molecule has 0 radical (unpaired) electrons. The van der Waals surface area contributed by atoms with Crippen LogP contribution in [0.3, 0.4) is 0 Å². The molecule has 4 aromatic rings. The summed E-state index contributed by atoms with van der Waals surface area (Å²) < 4.78 is 5.60. The van der Waals surface area contributed by atoms with Crippen molar-refractivity contribution in [1.82, 2.24) is 20.3 Å². The first-order valence-electron chi connectivity index (χ1n) is 9.93. The number of methoxy groups -OCH3 is 1. The number of pyridine rings is 1. The molecule has 0 aliphatic heterocycles. The molecule has 7 nitrogen and oxygen atoms in total. The molecule has 1 atom stereocenters. The predicted octanol–water partition coefficient (Wildman–Crippen LogP) is 4.64. The lowest BCUT2D eigenvalue weighted by atomic mass is 10.0. The highest BCUT2D eigenvalue weighted by atomic mass is 16.5. The van der Waals surface area contributed by atoms with Crippen LogP contribution in [0.5, 0.6) is 5.75 Å². The zero-order valence-corrected chi connectivity index (χ0v) is 17.6. The van der Waals surface area contributed by atoms with E-state index in [1.165, 1.54) is 6.92 Å². The Morgan fingerprint density at radius 1 is 1.03 bits per heavy atom. The number of ether oxygens (including phenoxy) is 1. The van der Waals surface area contributed by atoms with Gasteiger partial charge in [0.05, 0.1) is 13.2 Å². The molecule has 2 aromatic heterocycles. The highest BCUT2D eigenvalue weighted by Gasteiger charge is 2.11. The van der Waals surface area contributed by atoms with Crippen LogP contribution >= 0.6 is 0 Å². The van der Waals surface area contributed by atoms with Gasteiger partial charge < -0.3 is 15.4 Å². The highest BCUT2D eigenvalue weighted by Crippen LogP contribution is 2.31. The molecule has 2 N–H and O–H groups in total. The van der Waals surface area contributed by atoms with E-state index in [1.807, 2.05) is 55.5 Å². The van der Waals surface area contributed by atoms with Gasteiger partial charge in [0.15, 0.2) is 0 Å². The standard InChI is InChI=1S/C24H23N5O2/c1-15(27-16(2)30)17-4-6-21(7-5-17)28-24-26-14-20-12-19(18-8-10-25-11-9-18)13-22(31-3)23(20)29-24/h4-15H,1-3H3,(H,27,30)(H,26,28,29)/t15-/m1/s1. The summed E-state index contributed by atoms with van der Waals surface area (Å²) in [5, 5.41) is 6.99. The molecule has 0 saturated carbocycles. The zero-order valence-electron chi connectivity index (χ0n) is 17.6. The fourth-order valence-corrected chi connectivity index (χ4v) is 3.41. The van der Waals surface area contributed by atoms with Gasteiger partial charge in [0.1, 0.15) is 11.3 Å². The lowest BCUT2D eigenvalue weighted by Crippen LogP contribution is -2.23. The van der Waals surface area contributed by atoms with E-state index in [9.17, 15) is 4.79 Å². The van der Waals surface area contributed by atoms with Crippen LogP contribution in [-0.2, 0) is 4.79 Å². The Kier molecular flexibility index (Phi) is 5.75. The quantitative estimate of drug-likeness (QED) is 0.479. The minimum absolute atomic E-state index is 0.0534. The van der Waals surface area contributed by atoms with E-state index in [2.05, 4.69) is 25.6 Å². The number of nitrogens with zero attached hydrogens (tertiary/aromatic N) is 3. The van der Waals surface area contributed by atoms with Gasteiger partial charge in [-0.15, -0.1) is 0 Å². The van der Waals surface area contributed by atoms with Crippen molar-refractivity contribution in [3.63, 3.8) is 0 Å². The molecule has 0 bridgehead atoms. The molecular formula is C24H23N5O2. The number of rotatable bonds is 6. The van der Waals surface area contributed by atoms with Gasteiger partial charge in [-0.3, -0.25) is 9.78 Å². The Bertz CT molecular complexity index is 1210. The summed E-state index contributed by atoms with van der Waals surface area (Å²) in [7, 11) is 1.63. The maximum absolute atomic E-state index is 11.2. The minimum Gasteiger partial charge on any atom is -0.494 e. The zero-order chi connectivity index (χ0) is 21.8. The molecule has 0 aliphatic rings.